The number of carbonyl (C=O) groups is 1. The van der Waals surface area contributed by atoms with Crippen molar-refractivity contribution in [1.29, 1.82) is 0 Å². The van der Waals surface area contributed by atoms with Gasteiger partial charge in [0.25, 0.3) is 0 Å². The Kier molecular flexibility index (Phi) is 4.88. The molecular weight excluding hydrogens is 312 g/mol. The third-order valence-corrected chi connectivity index (χ3v) is 5.52. The Bertz CT molecular complexity index is 717. The molecule has 0 spiro atoms. The fraction of sp³-hybridized carbons (Fsp3) is 0.476. The van der Waals surface area contributed by atoms with Crippen LogP contribution in [0.5, 0.6) is 0 Å². The molecule has 0 bridgehead atoms. The molecule has 2 aliphatic heterocycles. The molecular formula is C21H26N2O2. The molecule has 0 radical (unpaired) electrons. The number of benzene rings is 1. The van der Waals surface area contributed by atoms with E-state index in [2.05, 4.69) is 23.5 Å². The molecule has 1 aromatic carbocycles. The molecule has 1 fully saturated rings. The van der Waals surface area contributed by atoms with E-state index < -0.39 is 0 Å². The summed E-state index contributed by atoms with van der Waals surface area (Å²) in [5.74, 6) is 2.86. The molecule has 1 N–H and O–H groups in total. The van der Waals surface area contributed by atoms with Gasteiger partial charge in [0, 0.05) is 18.5 Å². The number of piperidine rings is 1. The van der Waals surface area contributed by atoms with Crippen molar-refractivity contribution in [2.24, 2.45) is 5.92 Å². The number of hydrogen-bond donors (Lipinski definition) is 1. The van der Waals surface area contributed by atoms with E-state index in [9.17, 15) is 4.79 Å². The topological polar surface area (TPSA) is 45.5 Å². The van der Waals surface area contributed by atoms with E-state index in [0.717, 1.165) is 49.6 Å². The van der Waals surface area contributed by atoms with Crippen LogP contribution in [0, 0.1) is 5.92 Å². The molecule has 4 rings (SSSR count). The number of carbonyl (C=O) groups excluding carboxylic acids is 1. The number of furan rings is 1. The van der Waals surface area contributed by atoms with E-state index in [4.69, 9.17) is 4.42 Å². The van der Waals surface area contributed by atoms with Crippen molar-refractivity contribution >= 4 is 5.91 Å². The highest BCUT2D eigenvalue weighted by Gasteiger charge is 2.25. The predicted octanol–water partition coefficient (Wildman–Crippen LogP) is 3.61. The first kappa shape index (κ1) is 16.4. The Morgan fingerprint density at radius 1 is 1.20 bits per heavy atom. The summed E-state index contributed by atoms with van der Waals surface area (Å²) < 4.78 is 6.06. The van der Waals surface area contributed by atoms with Crippen LogP contribution in [0.1, 0.15) is 37.0 Å². The molecule has 4 heteroatoms. The lowest BCUT2D eigenvalue weighted by molar-refractivity contribution is -0.132. The number of hydrogen-bond acceptors (Lipinski definition) is 3. The molecule has 2 aromatic rings. The van der Waals surface area contributed by atoms with Gasteiger partial charge >= 0.3 is 0 Å². The summed E-state index contributed by atoms with van der Waals surface area (Å²) in [5, 5.41) is 3.38. The molecule has 1 amide bonds. The average Bonchev–Trinajstić information content (AvgIpc) is 3.11. The Hall–Kier alpha value is -2.07. The zero-order valence-electron chi connectivity index (χ0n) is 14.7. The van der Waals surface area contributed by atoms with Gasteiger partial charge in [-0.25, -0.2) is 0 Å². The zero-order valence-corrected chi connectivity index (χ0v) is 14.7. The van der Waals surface area contributed by atoms with E-state index in [1.54, 1.807) is 0 Å². The lowest BCUT2D eigenvalue weighted by Gasteiger charge is -2.27. The first-order valence-corrected chi connectivity index (χ1v) is 9.45. The number of nitrogens with one attached hydrogen (secondary N) is 1. The van der Waals surface area contributed by atoms with Gasteiger partial charge in [-0.15, -0.1) is 0 Å². The molecule has 3 heterocycles. The predicted molar refractivity (Wildman–Crippen MR) is 98.1 cm³/mol. The minimum Gasteiger partial charge on any atom is -0.459 e. The number of rotatable bonds is 4. The maximum atomic E-state index is 12.6. The van der Waals surface area contributed by atoms with Crippen molar-refractivity contribution in [3.8, 4) is 11.3 Å². The average molecular weight is 338 g/mol. The molecule has 2 aliphatic rings. The molecule has 132 valence electrons. The summed E-state index contributed by atoms with van der Waals surface area (Å²) in [6, 6.07) is 12.3. The van der Waals surface area contributed by atoms with Gasteiger partial charge in [0.15, 0.2) is 0 Å². The number of fused-ring (bicyclic) bond motifs is 1. The van der Waals surface area contributed by atoms with Gasteiger partial charge in [-0.1, -0.05) is 30.3 Å². The Balaban J connectivity index is 1.37. The molecule has 0 atom stereocenters. The van der Waals surface area contributed by atoms with Crippen LogP contribution in [0.3, 0.4) is 0 Å². The summed E-state index contributed by atoms with van der Waals surface area (Å²) in [5.41, 5.74) is 2.35. The number of nitrogens with zero attached hydrogens (tertiary/aromatic N) is 1. The fourth-order valence-electron chi connectivity index (χ4n) is 3.93. The third-order valence-electron chi connectivity index (χ3n) is 5.52. The van der Waals surface area contributed by atoms with Gasteiger partial charge in [0.2, 0.25) is 5.91 Å². The summed E-state index contributed by atoms with van der Waals surface area (Å²) in [6.07, 6.45) is 5.00. The number of amides is 1. The van der Waals surface area contributed by atoms with Crippen LogP contribution >= 0.6 is 0 Å². The van der Waals surface area contributed by atoms with Gasteiger partial charge in [-0.2, -0.15) is 0 Å². The van der Waals surface area contributed by atoms with E-state index >= 15 is 0 Å². The van der Waals surface area contributed by atoms with Crippen LogP contribution < -0.4 is 5.32 Å². The van der Waals surface area contributed by atoms with Crippen LogP contribution in [-0.2, 0) is 17.8 Å². The van der Waals surface area contributed by atoms with Gasteiger partial charge in [0.05, 0.1) is 6.54 Å². The van der Waals surface area contributed by atoms with Gasteiger partial charge in [0.1, 0.15) is 11.5 Å². The maximum absolute atomic E-state index is 12.6. The maximum Gasteiger partial charge on any atom is 0.222 e. The Morgan fingerprint density at radius 3 is 2.80 bits per heavy atom. The highest BCUT2D eigenvalue weighted by molar-refractivity contribution is 5.76. The second-order valence-electron chi connectivity index (χ2n) is 7.22. The molecule has 4 nitrogen and oxygen atoms in total. The van der Waals surface area contributed by atoms with Crippen molar-refractivity contribution in [1.82, 2.24) is 10.2 Å². The normalized spacial score (nSPS) is 18.2. The van der Waals surface area contributed by atoms with Crippen molar-refractivity contribution in [2.75, 3.05) is 19.6 Å². The second-order valence-corrected chi connectivity index (χ2v) is 7.22. The quantitative estimate of drug-likeness (QED) is 0.926. The summed E-state index contributed by atoms with van der Waals surface area (Å²) in [6.45, 7) is 3.63. The lowest BCUT2D eigenvalue weighted by Crippen LogP contribution is -2.36. The Labute approximate surface area is 149 Å². The van der Waals surface area contributed by atoms with Crippen LogP contribution in [0.4, 0.5) is 0 Å². The SMILES string of the molecule is O=C(CCC1CCNCC1)N1CCc2cc(-c3ccccc3)oc2C1. The molecule has 25 heavy (non-hydrogen) atoms. The third kappa shape index (κ3) is 3.79. The van der Waals surface area contributed by atoms with Crippen LogP contribution in [-0.4, -0.2) is 30.4 Å². The van der Waals surface area contributed by atoms with Crippen LogP contribution in [0.15, 0.2) is 40.8 Å². The molecule has 0 aliphatic carbocycles. The van der Waals surface area contributed by atoms with E-state index in [1.807, 2.05) is 23.1 Å². The highest BCUT2D eigenvalue weighted by Crippen LogP contribution is 2.30. The van der Waals surface area contributed by atoms with Gasteiger partial charge in [-0.05, 0) is 56.3 Å². The second kappa shape index (κ2) is 7.44. The molecule has 0 saturated carbocycles. The zero-order chi connectivity index (χ0) is 17.1. The van der Waals surface area contributed by atoms with Crippen molar-refractivity contribution in [3.05, 3.63) is 47.7 Å². The first-order valence-electron chi connectivity index (χ1n) is 9.45. The van der Waals surface area contributed by atoms with Gasteiger partial charge in [-0.3, -0.25) is 4.79 Å². The minimum absolute atomic E-state index is 0.279. The molecule has 1 saturated heterocycles. The van der Waals surface area contributed by atoms with Crippen LogP contribution in [0.25, 0.3) is 11.3 Å². The van der Waals surface area contributed by atoms with Crippen molar-refractivity contribution < 1.29 is 9.21 Å². The van der Waals surface area contributed by atoms with E-state index in [0.29, 0.717) is 18.9 Å². The summed E-state index contributed by atoms with van der Waals surface area (Å²) >= 11 is 0. The van der Waals surface area contributed by atoms with Gasteiger partial charge < -0.3 is 14.6 Å². The van der Waals surface area contributed by atoms with E-state index in [1.165, 1.54) is 18.4 Å². The lowest BCUT2D eigenvalue weighted by atomic mass is 9.93. The largest absolute Gasteiger partial charge is 0.459 e. The molecule has 1 aromatic heterocycles. The van der Waals surface area contributed by atoms with Crippen LogP contribution in [0.2, 0.25) is 0 Å². The smallest absolute Gasteiger partial charge is 0.222 e. The highest BCUT2D eigenvalue weighted by atomic mass is 16.3. The fourth-order valence-corrected chi connectivity index (χ4v) is 3.93. The first-order chi connectivity index (χ1) is 12.3. The summed E-state index contributed by atoms with van der Waals surface area (Å²) in [4.78, 5) is 14.6. The minimum atomic E-state index is 0.279. The summed E-state index contributed by atoms with van der Waals surface area (Å²) in [7, 11) is 0. The molecule has 0 unspecified atom stereocenters. The standard InChI is InChI=1S/C21H26N2O2/c24-21(7-6-16-8-11-22-12-9-16)23-13-10-18-14-19(25-20(18)15-23)17-4-2-1-3-5-17/h1-5,14,16,22H,6-13,15H2. The van der Waals surface area contributed by atoms with Crippen molar-refractivity contribution in [2.45, 2.75) is 38.6 Å². The van der Waals surface area contributed by atoms with Crippen molar-refractivity contribution in [3.63, 3.8) is 0 Å². The monoisotopic (exact) mass is 338 g/mol. The Morgan fingerprint density at radius 2 is 2.00 bits per heavy atom. The van der Waals surface area contributed by atoms with E-state index in [-0.39, 0.29) is 5.91 Å².